The van der Waals surface area contributed by atoms with E-state index in [2.05, 4.69) is 0 Å². The van der Waals surface area contributed by atoms with Gasteiger partial charge in [0, 0.05) is 12.8 Å². The Morgan fingerprint density at radius 2 is 2.19 bits per heavy atom. The van der Waals surface area contributed by atoms with Crippen LogP contribution in [0.25, 0.3) is 0 Å². The van der Waals surface area contributed by atoms with Crippen LogP contribution in [-0.4, -0.2) is 47.6 Å². The van der Waals surface area contributed by atoms with Gasteiger partial charge in [-0.2, -0.15) is 0 Å². The molecule has 1 rings (SSSR count). The van der Waals surface area contributed by atoms with Crippen molar-refractivity contribution in [3.63, 3.8) is 0 Å². The van der Waals surface area contributed by atoms with Crippen molar-refractivity contribution in [1.29, 1.82) is 0 Å². The first-order chi connectivity index (χ1) is 7.51. The lowest BCUT2D eigenvalue weighted by atomic mass is 9.84. The number of aldehydes is 1. The number of aliphatic hydroxyl groups excluding tert-OH is 2. The molecule has 0 aliphatic carbocycles. The SMILES string of the molecule is CC(=O)O[C@@H]1OC(CO)[C@@H](O)C(C=O)[C@@H]1C. The smallest absolute Gasteiger partial charge is 0.304 e. The molecule has 6 nitrogen and oxygen atoms in total. The van der Waals surface area contributed by atoms with Gasteiger partial charge in [-0.05, 0) is 0 Å². The third kappa shape index (κ3) is 2.58. The zero-order chi connectivity index (χ0) is 12.3. The lowest BCUT2D eigenvalue weighted by molar-refractivity contribution is -0.257. The van der Waals surface area contributed by atoms with Crippen LogP contribution in [0, 0.1) is 11.8 Å². The molecule has 6 heteroatoms. The van der Waals surface area contributed by atoms with Gasteiger partial charge in [0.25, 0.3) is 0 Å². The molecule has 0 amide bonds. The van der Waals surface area contributed by atoms with Crippen LogP contribution < -0.4 is 0 Å². The molecule has 92 valence electrons. The Morgan fingerprint density at radius 1 is 1.56 bits per heavy atom. The van der Waals surface area contributed by atoms with E-state index in [1.54, 1.807) is 6.92 Å². The third-order valence-corrected chi connectivity index (χ3v) is 2.74. The summed E-state index contributed by atoms with van der Waals surface area (Å²) in [6, 6.07) is 0. The van der Waals surface area contributed by atoms with Gasteiger partial charge in [0.15, 0.2) is 0 Å². The van der Waals surface area contributed by atoms with Crippen molar-refractivity contribution in [3.05, 3.63) is 0 Å². The Morgan fingerprint density at radius 3 is 2.62 bits per heavy atom. The Hall–Kier alpha value is -0.980. The van der Waals surface area contributed by atoms with Crippen LogP contribution >= 0.6 is 0 Å². The van der Waals surface area contributed by atoms with Crippen molar-refractivity contribution in [2.75, 3.05) is 6.61 Å². The van der Waals surface area contributed by atoms with E-state index in [9.17, 15) is 14.7 Å². The zero-order valence-electron chi connectivity index (χ0n) is 9.20. The molecular weight excluding hydrogens is 216 g/mol. The van der Waals surface area contributed by atoms with Gasteiger partial charge in [-0.1, -0.05) is 6.92 Å². The fraction of sp³-hybridized carbons (Fsp3) is 0.800. The van der Waals surface area contributed by atoms with Crippen LogP contribution in [-0.2, 0) is 19.1 Å². The van der Waals surface area contributed by atoms with Crippen molar-refractivity contribution in [2.24, 2.45) is 11.8 Å². The standard InChI is InChI=1S/C10H16O6/c1-5-7(3-11)9(14)8(4-12)16-10(5)15-6(2)13/h3,5,7-10,12,14H,4H2,1-2H3/t5-,7?,8?,9-,10+/m0/s1. The maximum Gasteiger partial charge on any atom is 0.304 e. The molecule has 0 saturated carbocycles. The van der Waals surface area contributed by atoms with Crippen molar-refractivity contribution in [2.45, 2.75) is 32.3 Å². The van der Waals surface area contributed by atoms with E-state index >= 15 is 0 Å². The molecule has 1 aliphatic rings. The highest BCUT2D eigenvalue weighted by Crippen LogP contribution is 2.30. The number of carbonyl (C=O) groups is 2. The van der Waals surface area contributed by atoms with Gasteiger partial charge >= 0.3 is 5.97 Å². The lowest BCUT2D eigenvalue weighted by Crippen LogP contribution is -2.53. The van der Waals surface area contributed by atoms with Gasteiger partial charge in [0.05, 0.1) is 18.6 Å². The van der Waals surface area contributed by atoms with E-state index in [0.29, 0.717) is 6.29 Å². The van der Waals surface area contributed by atoms with Crippen molar-refractivity contribution in [3.8, 4) is 0 Å². The summed E-state index contributed by atoms with van der Waals surface area (Å²) >= 11 is 0. The fourth-order valence-electron chi connectivity index (χ4n) is 1.77. The summed E-state index contributed by atoms with van der Waals surface area (Å²) in [5.41, 5.74) is 0. The minimum Gasteiger partial charge on any atom is -0.436 e. The summed E-state index contributed by atoms with van der Waals surface area (Å²) in [5, 5.41) is 18.7. The Labute approximate surface area is 93.2 Å². The monoisotopic (exact) mass is 232 g/mol. The molecule has 0 aromatic heterocycles. The van der Waals surface area contributed by atoms with Gasteiger partial charge in [-0.3, -0.25) is 4.79 Å². The molecule has 0 bridgehead atoms. The second-order valence-corrected chi connectivity index (χ2v) is 3.90. The molecule has 5 atom stereocenters. The van der Waals surface area contributed by atoms with Gasteiger partial charge in [-0.15, -0.1) is 0 Å². The summed E-state index contributed by atoms with van der Waals surface area (Å²) in [7, 11) is 0. The van der Waals surface area contributed by atoms with Crippen LogP contribution in [0.1, 0.15) is 13.8 Å². The van der Waals surface area contributed by atoms with Crippen LogP contribution in [0.3, 0.4) is 0 Å². The number of carbonyl (C=O) groups excluding carboxylic acids is 2. The molecule has 1 aliphatic heterocycles. The molecule has 16 heavy (non-hydrogen) atoms. The topological polar surface area (TPSA) is 93.1 Å². The number of hydrogen-bond donors (Lipinski definition) is 2. The lowest BCUT2D eigenvalue weighted by Gasteiger charge is -2.40. The highest BCUT2D eigenvalue weighted by molar-refractivity contribution is 5.66. The first-order valence-corrected chi connectivity index (χ1v) is 5.08. The number of aliphatic hydroxyl groups is 2. The molecule has 2 unspecified atom stereocenters. The predicted octanol–water partition coefficient (Wildman–Crippen LogP) is -0.921. The summed E-state index contributed by atoms with van der Waals surface area (Å²) in [5.74, 6) is -1.69. The van der Waals surface area contributed by atoms with E-state index in [1.165, 1.54) is 6.92 Å². The summed E-state index contributed by atoms with van der Waals surface area (Å²) in [6.45, 7) is 2.43. The van der Waals surface area contributed by atoms with Gasteiger partial charge < -0.3 is 24.5 Å². The summed E-state index contributed by atoms with van der Waals surface area (Å²) in [6.07, 6.45) is -2.30. The number of ether oxygens (including phenoxy) is 2. The van der Waals surface area contributed by atoms with Crippen LogP contribution in [0.2, 0.25) is 0 Å². The quantitative estimate of drug-likeness (QED) is 0.483. The average molecular weight is 232 g/mol. The Balaban J connectivity index is 2.80. The normalized spacial score (nSPS) is 39.1. The molecule has 2 N–H and O–H groups in total. The summed E-state index contributed by atoms with van der Waals surface area (Å²) in [4.78, 5) is 21.6. The molecule has 0 aromatic rings. The molecule has 0 radical (unpaired) electrons. The van der Waals surface area contributed by atoms with Crippen molar-refractivity contribution < 1.29 is 29.3 Å². The Bertz CT molecular complexity index is 266. The van der Waals surface area contributed by atoms with E-state index in [-0.39, 0.29) is 0 Å². The van der Waals surface area contributed by atoms with Gasteiger partial charge in [0.2, 0.25) is 6.29 Å². The van der Waals surface area contributed by atoms with Crippen LogP contribution in [0.5, 0.6) is 0 Å². The molecule has 0 spiro atoms. The predicted molar refractivity (Wildman–Crippen MR) is 52.2 cm³/mol. The maximum absolute atomic E-state index is 10.8. The molecular formula is C10H16O6. The highest BCUT2D eigenvalue weighted by atomic mass is 16.7. The minimum absolute atomic E-state index is 0.435. The van der Waals surface area contributed by atoms with Crippen molar-refractivity contribution >= 4 is 12.3 Å². The third-order valence-electron chi connectivity index (χ3n) is 2.74. The van der Waals surface area contributed by atoms with Gasteiger partial charge in [-0.25, -0.2) is 0 Å². The number of rotatable bonds is 3. The zero-order valence-corrected chi connectivity index (χ0v) is 9.20. The van der Waals surface area contributed by atoms with Crippen LogP contribution in [0.4, 0.5) is 0 Å². The largest absolute Gasteiger partial charge is 0.436 e. The maximum atomic E-state index is 10.8. The first-order valence-electron chi connectivity index (χ1n) is 5.08. The second kappa shape index (κ2) is 5.38. The minimum atomic E-state index is -1.08. The molecule has 1 heterocycles. The Kier molecular flexibility index (Phi) is 4.40. The fourth-order valence-corrected chi connectivity index (χ4v) is 1.77. The van der Waals surface area contributed by atoms with E-state index in [4.69, 9.17) is 14.6 Å². The number of hydrogen-bond acceptors (Lipinski definition) is 6. The average Bonchev–Trinajstić information content (AvgIpc) is 2.22. The van der Waals surface area contributed by atoms with Gasteiger partial charge in [0.1, 0.15) is 12.4 Å². The molecule has 1 fully saturated rings. The summed E-state index contributed by atoms with van der Waals surface area (Å²) < 4.78 is 10.1. The number of esters is 1. The van der Waals surface area contributed by atoms with E-state index < -0.39 is 42.9 Å². The molecule has 0 aromatic carbocycles. The van der Waals surface area contributed by atoms with E-state index in [1.807, 2.05) is 0 Å². The first kappa shape index (κ1) is 13.1. The molecule has 1 saturated heterocycles. The van der Waals surface area contributed by atoms with E-state index in [0.717, 1.165) is 0 Å². The van der Waals surface area contributed by atoms with Crippen LogP contribution in [0.15, 0.2) is 0 Å². The highest BCUT2D eigenvalue weighted by Gasteiger charge is 2.44. The van der Waals surface area contributed by atoms with Crippen molar-refractivity contribution in [1.82, 2.24) is 0 Å². The second-order valence-electron chi connectivity index (χ2n) is 3.90.